The van der Waals surface area contributed by atoms with Crippen LogP contribution >= 0.6 is 31.9 Å². The Labute approximate surface area is 171 Å². The van der Waals surface area contributed by atoms with E-state index in [4.69, 9.17) is 9.47 Å². The summed E-state index contributed by atoms with van der Waals surface area (Å²) in [5, 5.41) is 0. The van der Waals surface area contributed by atoms with Gasteiger partial charge in [0.05, 0.1) is 14.5 Å². The van der Waals surface area contributed by atoms with Crippen molar-refractivity contribution in [3.63, 3.8) is 0 Å². The summed E-state index contributed by atoms with van der Waals surface area (Å²) in [6.07, 6.45) is 1.74. The summed E-state index contributed by atoms with van der Waals surface area (Å²) in [6.45, 7) is 1.69. The standard InChI is InChI=1S/C19H12Br2FNO4/c1-2-16(24)26-17-12(20)7-10(8-13(17)21)9-15-19(25)27-18(23-15)11-5-3-4-6-14(11)22/h3-9H,2H2,1H3/b15-9-. The molecule has 1 aliphatic rings. The molecule has 1 heterocycles. The number of esters is 2. The third kappa shape index (κ3) is 4.33. The molecule has 0 atom stereocenters. The molecule has 0 N–H and O–H groups in total. The van der Waals surface area contributed by atoms with E-state index >= 15 is 0 Å². The lowest BCUT2D eigenvalue weighted by Crippen LogP contribution is -2.07. The quantitative estimate of drug-likeness (QED) is 0.339. The van der Waals surface area contributed by atoms with Gasteiger partial charge in [0.15, 0.2) is 11.4 Å². The number of ether oxygens (including phenoxy) is 2. The minimum absolute atomic E-state index is 0.0327. The monoisotopic (exact) mass is 495 g/mol. The van der Waals surface area contributed by atoms with Crippen LogP contribution in [0.25, 0.3) is 6.08 Å². The molecule has 0 radical (unpaired) electrons. The lowest BCUT2D eigenvalue weighted by atomic mass is 10.2. The van der Waals surface area contributed by atoms with Crippen molar-refractivity contribution in [2.75, 3.05) is 0 Å². The zero-order valence-corrected chi connectivity index (χ0v) is 17.1. The van der Waals surface area contributed by atoms with Crippen molar-refractivity contribution in [2.24, 2.45) is 4.99 Å². The van der Waals surface area contributed by atoms with E-state index < -0.39 is 11.8 Å². The molecule has 0 spiro atoms. The summed E-state index contributed by atoms with van der Waals surface area (Å²) in [6, 6.07) is 9.24. The molecule has 1 aliphatic heterocycles. The molecule has 2 aromatic carbocycles. The first-order valence-corrected chi connectivity index (χ1v) is 9.44. The Bertz CT molecular complexity index is 978. The summed E-state index contributed by atoms with van der Waals surface area (Å²) in [5.41, 5.74) is 0.749. The fourth-order valence-electron chi connectivity index (χ4n) is 2.26. The van der Waals surface area contributed by atoms with Crippen molar-refractivity contribution in [1.29, 1.82) is 0 Å². The zero-order chi connectivity index (χ0) is 19.6. The Balaban J connectivity index is 1.93. The molecule has 0 bridgehead atoms. The molecule has 2 aromatic rings. The highest BCUT2D eigenvalue weighted by Gasteiger charge is 2.26. The van der Waals surface area contributed by atoms with E-state index in [1.165, 1.54) is 24.3 Å². The highest BCUT2D eigenvalue weighted by Crippen LogP contribution is 2.36. The molecule has 0 unspecified atom stereocenters. The number of benzene rings is 2. The van der Waals surface area contributed by atoms with Crippen LogP contribution in [0.1, 0.15) is 24.5 Å². The van der Waals surface area contributed by atoms with Crippen LogP contribution in [0.5, 0.6) is 5.75 Å². The van der Waals surface area contributed by atoms with Crippen molar-refractivity contribution >= 4 is 55.8 Å². The molecule has 27 heavy (non-hydrogen) atoms. The SMILES string of the molecule is CCC(=O)Oc1c(Br)cc(/C=C2\N=C(c3ccccc3F)OC2=O)cc1Br. The van der Waals surface area contributed by atoms with Crippen molar-refractivity contribution < 1.29 is 23.5 Å². The van der Waals surface area contributed by atoms with Crippen molar-refractivity contribution in [3.8, 4) is 5.75 Å². The zero-order valence-electron chi connectivity index (χ0n) is 14.0. The van der Waals surface area contributed by atoms with Gasteiger partial charge in [-0.05, 0) is 67.8 Å². The number of rotatable bonds is 4. The fourth-order valence-corrected chi connectivity index (χ4v) is 3.65. The summed E-state index contributed by atoms with van der Waals surface area (Å²) in [4.78, 5) is 27.7. The molecule has 138 valence electrons. The van der Waals surface area contributed by atoms with Crippen molar-refractivity contribution in [2.45, 2.75) is 13.3 Å². The van der Waals surface area contributed by atoms with Crippen LogP contribution in [0.15, 0.2) is 56.0 Å². The molecule has 8 heteroatoms. The van der Waals surface area contributed by atoms with Gasteiger partial charge in [0.25, 0.3) is 0 Å². The second kappa shape index (κ2) is 8.14. The normalized spacial score (nSPS) is 14.9. The van der Waals surface area contributed by atoms with Gasteiger partial charge < -0.3 is 9.47 Å². The van der Waals surface area contributed by atoms with Crippen LogP contribution in [-0.2, 0) is 14.3 Å². The average molecular weight is 497 g/mol. The van der Waals surface area contributed by atoms with Crippen LogP contribution in [0.3, 0.4) is 0 Å². The number of aliphatic imine (C=N–C) groups is 1. The number of hydrogen-bond donors (Lipinski definition) is 0. The summed E-state index contributed by atoms with van der Waals surface area (Å²) in [5.74, 6) is -1.33. The van der Waals surface area contributed by atoms with E-state index in [9.17, 15) is 14.0 Å². The first-order chi connectivity index (χ1) is 12.9. The lowest BCUT2D eigenvalue weighted by molar-refractivity contribution is -0.134. The summed E-state index contributed by atoms with van der Waals surface area (Å²) >= 11 is 6.68. The highest BCUT2D eigenvalue weighted by molar-refractivity contribution is 9.11. The fraction of sp³-hybridized carbons (Fsp3) is 0.105. The minimum atomic E-state index is -0.679. The molecule has 5 nitrogen and oxygen atoms in total. The van der Waals surface area contributed by atoms with Gasteiger partial charge in [-0.1, -0.05) is 19.1 Å². The van der Waals surface area contributed by atoms with Crippen molar-refractivity contribution in [1.82, 2.24) is 0 Å². The Hall–Kier alpha value is -2.32. The predicted molar refractivity (Wildman–Crippen MR) is 105 cm³/mol. The molecule has 0 aromatic heterocycles. The molecule has 0 amide bonds. The van der Waals surface area contributed by atoms with Crippen LogP contribution in [-0.4, -0.2) is 17.8 Å². The van der Waals surface area contributed by atoms with Gasteiger partial charge in [-0.3, -0.25) is 4.79 Å². The Kier molecular flexibility index (Phi) is 5.86. The Morgan fingerprint density at radius 3 is 2.56 bits per heavy atom. The van der Waals surface area contributed by atoms with Crippen LogP contribution < -0.4 is 4.74 Å². The van der Waals surface area contributed by atoms with Gasteiger partial charge in [-0.2, -0.15) is 0 Å². The molecular formula is C19H12Br2FNO4. The van der Waals surface area contributed by atoms with Gasteiger partial charge in [0, 0.05) is 6.42 Å². The maximum Gasteiger partial charge on any atom is 0.363 e. The summed E-state index contributed by atoms with van der Waals surface area (Å²) < 4.78 is 25.2. The molecule has 0 aliphatic carbocycles. The number of nitrogens with zero attached hydrogens (tertiary/aromatic N) is 1. The lowest BCUT2D eigenvalue weighted by Gasteiger charge is -2.09. The van der Waals surface area contributed by atoms with Crippen LogP contribution in [0.4, 0.5) is 4.39 Å². The number of cyclic esters (lactones) is 1. The molecule has 0 fully saturated rings. The number of halogens is 3. The first kappa shape index (κ1) is 19.4. The average Bonchev–Trinajstić information content (AvgIpc) is 2.98. The van der Waals surface area contributed by atoms with E-state index in [1.54, 1.807) is 25.1 Å². The van der Waals surface area contributed by atoms with Crippen molar-refractivity contribution in [3.05, 3.63) is 68.0 Å². The summed E-state index contributed by atoms with van der Waals surface area (Å²) in [7, 11) is 0. The van der Waals surface area contributed by atoms with Crippen LogP contribution in [0.2, 0.25) is 0 Å². The van der Waals surface area contributed by atoms with E-state index in [2.05, 4.69) is 36.9 Å². The third-order valence-electron chi connectivity index (χ3n) is 3.55. The van der Waals surface area contributed by atoms with E-state index in [0.29, 0.717) is 20.3 Å². The molecular weight excluding hydrogens is 485 g/mol. The van der Waals surface area contributed by atoms with Gasteiger partial charge in [-0.25, -0.2) is 14.2 Å². The second-order valence-electron chi connectivity index (χ2n) is 5.46. The topological polar surface area (TPSA) is 65.0 Å². The maximum atomic E-state index is 13.9. The van der Waals surface area contributed by atoms with Gasteiger partial charge >= 0.3 is 11.9 Å². The van der Waals surface area contributed by atoms with E-state index in [0.717, 1.165) is 0 Å². The first-order valence-electron chi connectivity index (χ1n) is 7.86. The Morgan fingerprint density at radius 2 is 1.93 bits per heavy atom. The number of hydrogen-bond acceptors (Lipinski definition) is 5. The minimum Gasteiger partial charge on any atom is -0.424 e. The molecule has 0 saturated carbocycles. The number of carbonyl (C=O) groups is 2. The molecule has 0 saturated heterocycles. The van der Waals surface area contributed by atoms with Gasteiger partial charge in [-0.15, -0.1) is 0 Å². The van der Waals surface area contributed by atoms with E-state index in [-0.39, 0.29) is 29.5 Å². The van der Waals surface area contributed by atoms with E-state index in [1.807, 2.05) is 0 Å². The number of carbonyl (C=O) groups excluding carboxylic acids is 2. The molecule has 3 rings (SSSR count). The highest BCUT2D eigenvalue weighted by atomic mass is 79.9. The predicted octanol–water partition coefficient (Wildman–Crippen LogP) is 5.01. The maximum absolute atomic E-state index is 13.9. The largest absolute Gasteiger partial charge is 0.424 e. The van der Waals surface area contributed by atoms with Crippen LogP contribution in [0, 0.1) is 5.82 Å². The second-order valence-corrected chi connectivity index (χ2v) is 7.17. The van der Waals surface area contributed by atoms with Gasteiger partial charge in [0.2, 0.25) is 5.90 Å². The third-order valence-corrected chi connectivity index (χ3v) is 4.73. The van der Waals surface area contributed by atoms with Gasteiger partial charge in [0.1, 0.15) is 5.82 Å². The Morgan fingerprint density at radius 1 is 1.26 bits per heavy atom. The smallest absolute Gasteiger partial charge is 0.363 e.